The van der Waals surface area contributed by atoms with E-state index in [0.29, 0.717) is 25.9 Å². The van der Waals surface area contributed by atoms with E-state index in [9.17, 15) is 19.8 Å². The summed E-state index contributed by atoms with van der Waals surface area (Å²) in [6.07, 6.45) is 84.8. The third-order valence-electron chi connectivity index (χ3n) is 16.2. The van der Waals surface area contributed by atoms with E-state index < -0.39 is 12.1 Å². The van der Waals surface area contributed by atoms with Crippen LogP contribution in [0, 0.1) is 0 Å². The molecule has 0 bridgehead atoms. The number of hydrogen-bond donors (Lipinski definition) is 3. The molecular formula is C71H135NO5. The maximum Gasteiger partial charge on any atom is 0.305 e. The molecule has 6 heteroatoms. The van der Waals surface area contributed by atoms with E-state index in [2.05, 4.69) is 55.6 Å². The van der Waals surface area contributed by atoms with Crippen LogP contribution in [0.3, 0.4) is 0 Å². The molecule has 0 spiro atoms. The van der Waals surface area contributed by atoms with Crippen molar-refractivity contribution in [1.82, 2.24) is 5.32 Å². The quantitative estimate of drug-likeness (QED) is 0.0320. The average Bonchev–Trinajstić information content (AvgIpc) is 3.43. The third kappa shape index (κ3) is 63.1. The molecule has 454 valence electrons. The van der Waals surface area contributed by atoms with Gasteiger partial charge in [-0.15, -0.1) is 0 Å². The molecule has 0 rings (SSSR count). The van der Waals surface area contributed by atoms with Crippen LogP contribution in [0.4, 0.5) is 0 Å². The van der Waals surface area contributed by atoms with Gasteiger partial charge in [0.25, 0.3) is 0 Å². The Morgan fingerprint density at radius 2 is 0.662 bits per heavy atom. The van der Waals surface area contributed by atoms with Gasteiger partial charge in [-0.25, -0.2) is 0 Å². The van der Waals surface area contributed by atoms with E-state index in [1.807, 2.05) is 0 Å². The molecule has 1 amide bonds. The Balaban J connectivity index is 3.34. The van der Waals surface area contributed by atoms with E-state index in [1.165, 1.54) is 295 Å². The molecule has 3 N–H and O–H groups in total. The Morgan fingerprint density at radius 1 is 0.364 bits per heavy atom. The number of carbonyl (C=O) groups excluding carboxylic acids is 2. The first-order valence-corrected chi connectivity index (χ1v) is 34.7. The maximum atomic E-state index is 12.5. The number of unbranched alkanes of at least 4 members (excludes halogenated alkanes) is 48. The number of nitrogens with one attached hydrogen (secondary N) is 1. The molecule has 0 aromatic carbocycles. The maximum absolute atomic E-state index is 12.5. The van der Waals surface area contributed by atoms with Crippen molar-refractivity contribution in [2.45, 2.75) is 392 Å². The minimum atomic E-state index is -0.661. The lowest BCUT2D eigenvalue weighted by molar-refractivity contribution is -0.143. The summed E-state index contributed by atoms with van der Waals surface area (Å²) in [5.74, 6) is -0.0261. The summed E-state index contributed by atoms with van der Waals surface area (Å²) >= 11 is 0. The van der Waals surface area contributed by atoms with Gasteiger partial charge >= 0.3 is 5.97 Å². The lowest BCUT2D eigenvalue weighted by Gasteiger charge is -2.22. The fourth-order valence-electron chi connectivity index (χ4n) is 10.8. The first kappa shape index (κ1) is 75.1. The smallest absolute Gasteiger partial charge is 0.305 e. The van der Waals surface area contributed by atoms with Crippen LogP contribution in [0.25, 0.3) is 0 Å². The molecule has 0 radical (unpaired) electrons. The highest BCUT2D eigenvalue weighted by Gasteiger charge is 2.20. The van der Waals surface area contributed by atoms with Crippen LogP contribution in [-0.2, 0) is 14.3 Å². The van der Waals surface area contributed by atoms with E-state index in [4.69, 9.17) is 4.74 Å². The second-order valence-corrected chi connectivity index (χ2v) is 23.9. The first-order valence-electron chi connectivity index (χ1n) is 34.7. The summed E-state index contributed by atoms with van der Waals surface area (Å²) < 4.78 is 5.48. The van der Waals surface area contributed by atoms with Crippen molar-refractivity contribution in [2.75, 3.05) is 13.2 Å². The first-order chi connectivity index (χ1) is 38.0. The van der Waals surface area contributed by atoms with Crippen molar-refractivity contribution >= 4 is 11.9 Å². The number of rotatable bonds is 65. The molecule has 0 fully saturated rings. The van der Waals surface area contributed by atoms with Gasteiger partial charge in [0.2, 0.25) is 5.91 Å². The van der Waals surface area contributed by atoms with Crippen LogP contribution in [0.15, 0.2) is 36.5 Å². The Hall–Kier alpha value is -1.92. The van der Waals surface area contributed by atoms with Gasteiger partial charge in [0.1, 0.15) is 0 Å². The molecule has 0 saturated heterocycles. The van der Waals surface area contributed by atoms with E-state index in [0.717, 1.165) is 51.4 Å². The molecule has 0 aliphatic rings. The summed E-state index contributed by atoms with van der Waals surface area (Å²) in [6.45, 7) is 4.93. The molecule has 2 atom stereocenters. The predicted octanol–water partition coefficient (Wildman–Crippen LogP) is 22.3. The summed E-state index contributed by atoms with van der Waals surface area (Å²) in [4.78, 5) is 24.5. The average molecular weight is 1080 g/mol. The summed E-state index contributed by atoms with van der Waals surface area (Å²) in [7, 11) is 0. The zero-order chi connectivity index (χ0) is 55.7. The number of carbonyl (C=O) groups is 2. The van der Waals surface area contributed by atoms with E-state index in [-0.39, 0.29) is 18.5 Å². The van der Waals surface area contributed by atoms with Gasteiger partial charge in [-0.3, -0.25) is 9.59 Å². The largest absolute Gasteiger partial charge is 0.466 e. The fourth-order valence-corrected chi connectivity index (χ4v) is 10.8. The lowest BCUT2D eigenvalue weighted by atomic mass is 10.0. The summed E-state index contributed by atoms with van der Waals surface area (Å²) in [5, 5.41) is 23.3. The Morgan fingerprint density at radius 3 is 1.04 bits per heavy atom. The molecule has 0 saturated carbocycles. The van der Waals surface area contributed by atoms with Crippen LogP contribution in [0.1, 0.15) is 380 Å². The Labute approximate surface area is 481 Å². The van der Waals surface area contributed by atoms with Crippen molar-refractivity contribution in [1.29, 1.82) is 0 Å². The van der Waals surface area contributed by atoms with E-state index in [1.54, 1.807) is 0 Å². The van der Waals surface area contributed by atoms with Crippen LogP contribution in [-0.4, -0.2) is 47.4 Å². The normalized spacial score (nSPS) is 12.7. The van der Waals surface area contributed by atoms with Crippen LogP contribution >= 0.6 is 0 Å². The van der Waals surface area contributed by atoms with Crippen LogP contribution < -0.4 is 5.32 Å². The van der Waals surface area contributed by atoms with Crippen molar-refractivity contribution in [3.8, 4) is 0 Å². The minimum Gasteiger partial charge on any atom is -0.466 e. The zero-order valence-electron chi connectivity index (χ0n) is 52.0. The molecule has 6 nitrogen and oxygen atoms in total. The SMILES string of the molecule is CCCC/C=C\C/C=C\CCCCCCCC(=O)OCCCCCCCCCCCCCC/C=C\CCCCCCCCCCCCCCCCCCCC(=O)NC(CO)C(O)CCCCCCCCCCCCCCC. The molecule has 0 aromatic rings. The monoisotopic (exact) mass is 1080 g/mol. The number of aliphatic hydroxyl groups is 2. The van der Waals surface area contributed by atoms with Gasteiger partial charge in [0, 0.05) is 12.8 Å². The number of aliphatic hydroxyl groups excluding tert-OH is 2. The van der Waals surface area contributed by atoms with Gasteiger partial charge in [-0.1, -0.05) is 326 Å². The highest BCUT2D eigenvalue weighted by Crippen LogP contribution is 2.18. The van der Waals surface area contributed by atoms with Gasteiger partial charge in [0.15, 0.2) is 0 Å². The minimum absolute atomic E-state index is 0.00418. The second-order valence-electron chi connectivity index (χ2n) is 23.9. The molecular weight excluding hydrogens is 947 g/mol. The molecule has 2 unspecified atom stereocenters. The molecule has 0 aromatic heterocycles. The number of amides is 1. The number of esters is 1. The zero-order valence-corrected chi connectivity index (χ0v) is 52.0. The highest BCUT2D eigenvalue weighted by molar-refractivity contribution is 5.76. The molecule has 77 heavy (non-hydrogen) atoms. The van der Waals surface area contributed by atoms with Crippen molar-refractivity contribution in [3.05, 3.63) is 36.5 Å². The highest BCUT2D eigenvalue weighted by atomic mass is 16.5. The Kier molecular flexibility index (Phi) is 64.9. The standard InChI is InChI=1S/C71H135NO5/c1-3-5-7-9-11-13-15-17-41-45-49-53-57-61-65-71(76)77-66-62-58-54-50-46-42-38-36-34-32-30-28-26-24-22-20-18-19-21-23-25-27-29-31-33-35-37-40-44-48-52-56-60-64-70(75)72-68(67-73)69(74)63-59-55-51-47-43-39-16-14-12-10-8-6-4-2/h9,11,15,17,22,24,68-69,73-74H,3-8,10,12-14,16,18-21,23,25-67H2,1-2H3,(H,72,75)/b11-9-,17-15-,24-22-. The van der Waals surface area contributed by atoms with E-state index >= 15 is 0 Å². The molecule has 0 aliphatic heterocycles. The number of ether oxygens (including phenoxy) is 1. The fraction of sp³-hybridized carbons (Fsp3) is 0.887. The van der Waals surface area contributed by atoms with Gasteiger partial charge < -0.3 is 20.3 Å². The topological polar surface area (TPSA) is 95.9 Å². The van der Waals surface area contributed by atoms with Gasteiger partial charge in [-0.2, -0.15) is 0 Å². The van der Waals surface area contributed by atoms with Gasteiger partial charge in [0.05, 0.1) is 25.4 Å². The van der Waals surface area contributed by atoms with Crippen LogP contribution in [0.2, 0.25) is 0 Å². The molecule has 0 heterocycles. The van der Waals surface area contributed by atoms with Crippen molar-refractivity contribution < 1.29 is 24.5 Å². The molecule has 0 aliphatic carbocycles. The van der Waals surface area contributed by atoms with Crippen LogP contribution in [0.5, 0.6) is 0 Å². The van der Waals surface area contributed by atoms with Gasteiger partial charge in [-0.05, 0) is 77.0 Å². The van der Waals surface area contributed by atoms with Crippen molar-refractivity contribution in [2.24, 2.45) is 0 Å². The predicted molar refractivity (Wildman–Crippen MR) is 338 cm³/mol. The Bertz CT molecular complexity index is 1250. The summed E-state index contributed by atoms with van der Waals surface area (Å²) in [5.41, 5.74) is 0. The number of allylic oxidation sites excluding steroid dienone is 6. The lowest BCUT2D eigenvalue weighted by Crippen LogP contribution is -2.45. The van der Waals surface area contributed by atoms with Crippen molar-refractivity contribution in [3.63, 3.8) is 0 Å². The second kappa shape index (κ2) is 66.6. The number of hydrogen-bond acceptors (Lipinski definition) is 5. The summed E-state index contributed by atoms with van der Waals surface area (Å²) in [6, 6.07) is -0.538. The third-order valence-corrected chi connectivity index (χ3v) is 16.2.